The first-order valence-electron chi connectivity index (χ1n) is 9.76. The molecule has 1 N–H and O–H groups in total. The Labute approximate surface area is 188 Å². The van der Waals surface area contributed by atoms with Gasteiger partial charge in [-0.2, -0.15) is 18.3 Å². The highest BCUT2D eigenvalue weighted by atomic mass is 35.5. The molecule has 1 fully saturated rings. The van der Waals surface area contributed by atoms with Crippen molar-refractivity contribution in [1.82, 2.24) is 14.7 Å². The molecule has 1 unspecified atom stereocenters. The second-order valence-electron chi connectivity index (χ2n) is 7.56. The SMILES string of the molecule is Cc1c(Cl)c(C(F)(F)F)nn1CC(=O)N1CCN(c2ccc(Cl)c(C(C)CO)c2)CC1. The number of hydrogen-bond donors (Lipinski definition) is 1. The smallest absolute Gasteiger partial charge is 0.396 e. The van der Waals surface area contributed by atoms with Gasteiger partial charge in [0.1, 0.15) is 6.54 Å². The van der Waals surface area contributed by atoms with Crippen LogP contribution >= 0.6 is 23.2 Å². The van der Waals surface area contributed by atoms with Crippen LogP contribution in [0.25, 0.3) is 0 Å². The topological polar surface area (TPSA) is 61.6 Å². The van der Waals surface area contributed by atoms with E-state index in [0.717, 1.165) is 15.9 Å². The molecule has 0 bridgehead atoms. The number of rotatable bonds is 5. The number of benzene rings is 1. The van der Waals surface area contributed by atoms with Crippen molar-refractivity contribution >= 4 is 34.8 Å². The molecule has 31 heavy (non-hydrogen) atoms. The largest absolute Gasteiger partial charge is 0.436 e. The second-order valence-corrected chi connectivity index (χ2v) is 8.35. The van der Waals surface area contributed by atoms with Crippen molar-refractivity contribution in [3.8, 4) is 0 Å². The van der Waals surface area contributed by atoms with E-state index in [1.807, 2.05) is 19.1 Å². The van der Waals surface area contributed by atoms with Crippen molar-refractivity contribution in [3.05, 3.63) is 45.2 Å². The van der Waals surface area contributed by atoms with Crippen molar-refractivity contribution in [2.24, 2.45) is 0 Å². The zero-order chi connectivity index (χ0) is 22.9. The van der Waals surface area contributed by atoms with Gasteiger partial charge in [-0.15, -0.1) is 0 Å². The lowest BCUT2D eigenvalue weighted by molar-refractivity contribution is -0.142. The van der Waals surface area contributed by atoms with Crippen LogP contribution in [-0.4, -0.2) is 58.5 Å². The van der Waals surface area contributed by atoms with Crippen molar-refractivity contribution in [2.45, 2.75) is 32.5 Å². The highest BCUT2D eigenvalue weighted by Gasteiger charge is 2.38. The number of aliphatic hydroxyl groups is 1. The lowest BCUT2D eigenvalue weighted by atomic mass is 10.0. The molecule has 1 amide bonds. The van der Waals surface area contributed by atoms with E-state index in [-0.39, 0.29) is 30.7 Å². The third-order valence-corrected chi connectivity index (χ3v) is 6.27. The molecule has 0 aliphatic carbocycles. The minimum atomic E-state index is -4.67. The predicted octanol–water partition coefficient (Wildman–Crippen LogP) is 3.96. The number of aromatic nitrogens is 2. The third-order valence-electron chi connectivity index (χ3n) is 5.47. The fourth-order valence-electron chi connectivity index (χ4n) is 3.51. The fourth-order valence-corrected chi connectivity index (χ4v) is 4.05. The van der Waals surface area contributed by atoms with Gasteiger partial charge in [-0.05, 0) is 30.7 Å². The summed E-state index contributed by atoms with van der Waals surface area (Å²) in [6.45, 7) is 4.94. The van der Waals surface area contributed by atoms with Gasteiger partial charge in [-0.25, -0.2) is 0 Å². The van der Waals surface area contributed by atoms with Gasteiger partial charge in [-0.3, -0.25) is 9.48 Å². The van der Waals surface area contributed by atoms with E-state index in [1.54, 1.807) is 11.0 Å². The van der Waals surface area contributed by atoms with Gasteiger partial charge in [0, 0.05) is 49.4 Å². The maximum absolute atomic E-state index is 13.0. The van der Waals surface area contributed by atoms with Crippen LogP contribution in [0.15, 0.2) is 18.2 Å². The first-order valence-corrected chi connectivity index (χ1v) is 10.5. The Kier molecular flexibility index (Phi) is 7.08. The molecular weight excluding hydrogens is 456 g/mol. The lowest BCUT2D eigenvalue weighted by Gasteiger charge is -2.36. The number of hydrogen-bond acceptors (Lipinski definition) is 4. The Morgan fingerprint density at radius 3 is 2.42 bits per heavy atom. The minimum absolute atomic E-state index is 0.0155. The molecule has 3 rings (SSSR count). The summed E-state index contributed by atoms with van der Waals surface area (Å²) < 4.78 is 39.9. The first kappa shape index (κ1) is 23.7. The number of halogens is 5. The Morgan fingerprint density at radius 1 is 1.23 bits per heavy atom. The normalized spacial score (nSPS) is 16.0. The zero-order valence-corrected chi connectivity index (χ0v) is 18.6. The van der Waals surface area contributed by atoms with Gasteiger partial charge in [0.15, 0.2) is 5.69 Å². The molecule has 6 nitrogen and oxygen atoms in total. The number of carbonyl (C=O) groups is 1. The Hall–Kier alpha value is -1.97. The van der Waals surface area contributed by atoms with Crippen LogP contribution in [0, 0.1) is 6.92 Å². The van der Waals surface area contributed by atoms with Crippen LogP contribution < -0.4 is 4.90 Å². The third kappa shape index (κ3) is 5.10. The zero-order valence-electron chi connectivity index (χ0n) is 17.1. The van der Waals surface area contributed by atoms with E-state index in [4.69, 9.17) is 23.2 Å². The summed E-state index contributed by atoms with van der Waals surface area (Å²) in [4.78, 5) is 16.3. The van der Waals surface area contributed by atoms with E-state index in [0.29, 0.717) is 31.2 Å². The summed E-state index contributed by atoms with van der Waals surface area (Å²) in [6, 6.07) is 5.62. The Morgan fingerprint density at radius 2 is 1.87 bits per heavy atom. The van der Waals surface area contributed by atoms with Crippen LogP contribution in [0.1, 0.15) is 29.8 Å². The van der Waals surface area contributed by atoms with E-state index in [9.17, 15) is 23.1 Å². The van der Waals surface area contributed by atoms with Crippen molar-refractivity contribution in [3.63, 3.8) is 0 Å². The molecule has 2 aromatic rings. The molecule has 0 radical (unpaired) electrons. The summed E-state index contributed by atoms with van der Waals surface area (Å²) in [7, 11) is 0. The van der Waals surface area contributed by atoms with Gasteiger partial charge in [0.25, 0.3) is 0 Å². The summed E-state index contributed by atoms with van der Waals surface area (Å²) in [5, 5.41) is 13.0. The minimum Gasteiger partial charge on any atom is -0.396 e. The highest BCUT2D eigenvalue weighted by molar-refractivity contribution is 6.32. The summed E-state index contributed by atoms with van der Waals surface area (Å²) in [5.41, 5.74) is 0.718. The number of amides is 1. The average molecular weight is 479 g/mol. The van der Waals surface area contributed by atoms with Crippen LogP contribution in [0.4, 0.5) is 18.9 Å². The van der Waals surface area contributed by atoms with Crippen molar-refractivity contribution in [1.29, 1.82) is 0 Å². The molecule has 170 valence electrons. The standard InChI is InChI=1S/C20H23Cl2F3N4O2/c1-12(11-30)15-9-14(3-4-16(15)21)27-5-7-28(8-6-27)17(31)10-29-13(2)18(22)19(26-29)20(23,24)25/h3-4,9,12,30H,5-8,10-11H2,1-2H3. The molecular formula is C20H23Cl2F3N4O2. The molecule has 1 aromatic heterocycles. The second kappa shape index (κ2) is 9.26. The summed E-state index contributed by atoms with van der Waals surface area (Å²) >= 11 is 12.0. The number of aliphatic hydroxyl groups excluding tert-OH is 1. The van der Waals surface area contributed by atoms with E-state index in [2.05, 4.69) is 10.00 Å². The molecule has 1 aliphatic heterocycles. The van der Waals surface area contributed by atoms with Crippen LogP contribution in [0.2, 0.25) is 10.0 Å². The van der Waals surface area contributed by atoms with Gasteiger partial charge in [0.2, 0.25) is 5.91 Å². The maximum atomic E-state index is 13.0. The quantitative estimate of drug-likeness (QED) is 0.706. The Balaban J connectivity index is 1.65. The van der Waals surface area contributed by atoms with Crippen LogP contribution in [0.5, 0.6) is 0 Å². The molecule has 0 saturated carbocycles. The predicted molar refractivity (Wildman–Crippen MR) is 113 cm³/mol. The Bertz CT molecular complexity index is 957. The van der Waals surface area contributed by atoms with Crippen LogP contribution in [-0.2, 0) is 17.5 Å². The number of alkyl halides is 3. The first-order chi connectivity index (χ1) is 14.5. The number of anilines is 1. The fraction of sp³-hybridized carbons (Fsp3) is 0.500. The highest BCUT2D eigenvalue weighted by Crippen LogP contribution is 2.35. The number of carbonyl (C=O) groups excluding carboxylic acids is 1. The number of nitrogens with zero attached hydrogens (tertiary/aromatic N) is 4. The van der Waals surface area contributed by atoms with E-state index >= 15 is 0 Å². The molecule has 1 aromatic carbocycles. The average Bonchev–Trinajstić information content (AvgIpc) is 3.02. The monoisotopic (exact) mass is 478 g/mol. The molecule has 2 heterocycles. The maximum Gasteiger partial charge on any atom is 0.436 e. The summed E-state index contributed by atoms with van der Waals surface area (Å²) in [5.74, 6) is -0.414. The molecule has 0 spiro atoms. The van der Waals surface area contributed by atoms with Gasteiger partial charge < -0.3 is 14.9 Å². The van der Waals surface area contributed by atoms with Gasteiger partial charge in [0.05, 0.1) is 10.7 Å². The van der Waals surface area contributed by atoms with Gasteiger partial charge in [-0.1, -0.05) is 30.1 Å². The summed E-state index contributed by atoms with van der Waals surface area (Å²) in [6.07, 6.45) is -4.67. The van der Waals surface area contributed by atoms with E-state index < -0.39 is 16.9 Å². The number of piperazine rings is 1. The van der Waals surface area contributed by atoms with E-state index in [1.165, 1.54) is 6.92 Å². The van der Waals surface area contributed by atoms with Crippen LogP contribution in [0.3, 0.4) is 0 Å². The lowest BCUT2D eigenvalue weighted by Crippen LogP contribution is -2.49. The van der Waals surface area contributed by atoms with Gasteiger partial charge >= 0.3 is 6.18 Å². The molecule has 11 heteroatoms. The molecule has 1 aliphatic rings. The molecule has 1 saturated heterocycles. The molecule has 1 atom stereocenters. The van der Waals surface area contributed by atoms with Crippen molar-refractivity contribution in [2.75, 3.05) is 37.7 Å². The van der Waals surface area contributed by atoms with Crippen molar-refractivity contribution < 1.29 is 23.1 Å².